The molecule has 2 aromatic rings. The number of aryl methyl sites for hydroxylation is 1. The van der Waals surface area contributed by atoms with Crippen molar-refractivity contribution in [1.29, 1.82) is 0 Å². The highest BCUT2D eigenvalue weighted by molar-refractivity contribution is 5.31. The third-order valence-electron chi connectivity index (χ3n) is 2.39. The Bertz CT molecular complexity index is 489. The van der Waals surface area contributed by atoms with Gasteiger partial charge >= 0.3 is 0 Å². The van der Waals surface area contributed by atoms with E-state index < -0.39 is 0 Å². The van der Waals surface area contributed by atoms with Gasteiger partial charge in [-0.25, -0.2) is 14.6 Å². The maximum Gasteiger partial charge on any atom is 0.161 e. The Morgan fingerprint density at radius 2 is 2.18 bits per heavy atom. The number of hydrogen-bond donors (Lipinski definition) is 1. The maximum atomic E-state index is 4.29. The summed E-state index contributed by atoms with van der Waals surface area (Å²) < 4.78 is 1.79. The van der Waals surface area contributed by atoms with E-state index in [0.717, 1.165) is 23.5 Å². The average molecular weight is 231 g/mol. The average Bonchev–Trinajstić information content (AvgIpc) is 2.73. The molecule has 1 N–H and O–H groups in total. The number of nitrogens with zero attached hydrogens (tertiary/aromatic N) is 4. The second-order valence-corrected chi connectivity index (χ2v) is 4.37. The second-order valence-electron chi connectivity index (χ2n) is 4.37. The molecule has 90 valence electrons. The van der Waals surface area contributed by atoms with Crippen molar-refractivity contribution < 1.29 is 0 Å². The van der Waals surface area contributed by atoms with E-state index in [2.05, 4.69) is 34.2 Å². The molecule has 0 atom stereocenters. The molecule has 0 aromatic carbocycles. The van der Waals surface area contributed by atoms with Crippen molar-refractivity contribution in [2.24, 2.45) is 0 Å². The van der Waals surface area contributed by atoms with E-state index in [0.29, 0.717) is 6.04 Å². The quantitative estimate of drug-likeness (QED) is 0.865. The van der Waals surface area contributed by atoms with Crippen molar-refractivity contribution >= 4 is 0 Å². The summed E-state index contributed by atoms with van der Waals surface area (Å²) >= 11 is 0. The molecule has 17 heavy (non-hydrogen) atoms. The first kappa shape index (κ1) is 11.7. The number of aromatic nitrogens is 4. The second kappa shape index (κ2) is 5.05. The summed E-state index contributed by atoms with van der Waals surface area (Å²) in [5.74, 6) is 0.834. The molecule has 0 fully saturated rings. The van der Waals surface area contributed by atoms with E-state index in [9.17, 15) is 0 Å². The van der Waals surface area contributed by atoms with Gasteiger partial charge in [-0.3, -0.25) is 0 Å². The van der Waals surface area contributed by atoms with Gasteiger partial charge in [-0.05, 0) is 12.5 Å². The van der Waals surface area contributed by atoms with Crippen LogP contribution in [-0.2, 0) is 6.54 Å². The molecule has 2 heterocycles. The molecule has 0 amide bonds. The first-order valence-electron chi connectivity index (χ1n) is 5.70. The van der Waals surface area contributed by atoms with Crippen molar-refractivity contribution in [3.8, 4) is 5.82 Å². The molecule has 0 radical (unpaired) electrons. The van der Waals surface area contributed by atoms with Gasteiger partial charge in [0.15, 0.2) is 5.82 Å². The number of nitrogens with one attached hydrogen (secondary N) is 1. The van der Waals surface area contributed by atoms with E-state index in [1.54, 1.807) is 11.0 Å². The zero-order valence-corrected chi connectivity index (χ0v) is 10.4. The monoisotopic (exact) mass is 231 g/mol. The van der Waals surface area contributed by atoms with Gasteiger partial charge in [0.2, 0.25) is 0 Å². The fourth-order valence-corrected chi connectivity index (χ4v) is 1.53. The minimum atomic E-state index is 0.433. The van der Waals surface area contributed by atoms with Crippen LogP contribution in [-0.4, -0.2) is 25.8 Å². The highest BCUT2D eigenvalue weighted by Crippen LogP contribution is 2.10. The van der Waals surface area contributed by atoms with Crippen molar-refractivity contribution in [1.82, 2.24) is 25.1 Å². The van der Waals surface area contributed by atoms with E-state index in [1.165, 1.54) is 0 Å². The SMILES string of the molecule is Cc1cnn(-c2ncncc2CNC(C)C)c1. The molecule has 0 aliphatic rings. The topological polar surface area (TPSA) is 55.6 Å². The van der Waals surface area contributed by atoms with Crippen LogP contribution in [0.5, 0.6) is 0 Å². The van der Waals surface area contributed by atoms with Gasteiger partial charge in [0, 0.05) is 30.5 Å². The third kappa shape index (κ3) is 2.88. The normalized spacial score (nSPS) is 11.1. The highest BCUT2D eigenvalue weighted by atomic mass is 15.3. The summed E-state index contributed by atoms with van der Waals surface area (Å²) in [6, 6.07) is 0.433. The molecular weight excluding hydrogens is 214 g/mol. The molecule has 2 aromatic heterocycles. The predicted octanol–water partition coefficient (Wildman–Crippen LogP) is 1.47. The maximum absolute atomic E-state index is 4.29. The molecule has 5 nitrogen and oxygen atoms in total. The van der Waals surface area contributed by atoms with E-state index in [1.807, 2.05) is 25.5 Å². The molecule has 5 heteroatoms. The number of hydrogen-bond acceptors (Lipinski definition) is 4. The van der Waals surface area contributed by atoms with Gasteiger partial charge in [0.1, 0.15) is 6.33 Å². The molecule has 0 saturated heterocycles. The molecule has 0 saturated carbocycles. The summed E-state index contributed by atoms with van der Waals surface area (Å²) in [4.78, 5) is 8.35. The summed E-state index contributed by atoms with van der Waals surface area (Å²) in [5.41, 5.74) is 2.16. The van der Waals surface area contributed by atoms with Crippen LogP contribution in [0.1, 0.15) is 25.0 Å². The van der Waals surface area contributed by atoms with Crippen LogP contribution in [0, 0.1) is 6.92 Å². The van der Waals surface area contributed by atoms with E-state index in [4.69, 9.17) is 0 Å². The van der Waals surface area contributed by atoms with Crippen molar-refractivity contribution in [3.05, 3.63) is 36.0 Å². The Morgan fingerprint density at radius 1 is 1.35 bits per heavy atom. The molecule has 2 rings (SSSR count). The van der Waals surface area contributed by atoms with Crippen LogP contribution in [0.3, 0.4) is 0 Å². The van der Waals surface area contributed by atoms with Crippen molar-refractivity contribution in [3.63, 3.8) is 0 Å². The Hall–Kier alpha value is -1.75. The Labute approximate surface area is 101 Å². The summed E-state index contributed by atoms with van der Waals surface area (Å²) in [6.07, 6.45) is 7.16. The van der Waals surface area contributed by atoms with Crippen molar-refractivity contribution in [2.75, 3.05) is 0 Å². The zero-order valence-electron chi connectivity index (χ0n) is 10.4. The van der Waals surface area contributed by atoms with E-state index in [-0.39, 0.29) is 0 Å². The van der Waals surface area contributed by atoms with Crippen LogP contribution in [0.2, 0.25) is 0 Å². The van der Waals surface area contributed by atoms with Crippen LogP contribution in [0.4, 0.5) is 0 Å². The Morgan fingerprint density at radius 3 is 2.82 bits per heavy atom. The minimum Gasteiger partial charge on any atom is -0.310 e. The van der Waals surface area contributed by atoms with E-state index >= 15 is 0 Å². The third-order valence-corrected chi connectivity index (χ3v) is 2.39. The summed E-state index contributed by atoms with van der Waals surface area (Å²) in [5, 5.41) is 7.63. The van der Waals surface area contributed by atoms with Crippen LogP contribution >= 0.6 is 0 Å². The van der Waals surface area contributed by atoms with Crippen LogP contribution in [0.25, 0.3) is 5.82 Å². The van der Waals surface area contributed by atoms with Gasteiger partial charge in [0.05, 0.1) is 6.20 Å². The smallest absolute Gasteiger partial charge is 0.161 e. The first-order valence-corrected chi connectivity index (χ1v) is 5.70. The first-order chi connectivity index (χ1) is 8.16. The lowest BCUT2D eigenvalue weighted by Gasteiger charge is -2.10. The number of rotatable bonds is 4. The highest BCUT2D eigenvalue weighted by Gasteiger charge is 2.07. The standard InChI is InChI=1S/C12H17N5/c1-9(2)14-6-11-5-13-8-15-12(11)17-7-10(3)4-16-17/h4-5,7-9,14H,6H2,1-3H3. The van der Waals surface area contributed by atoms with Gasteiger partial charge < -0.3 is 5.32 Å². The Balaban J connectivity index is 2.27. The van der Waals surface area contributed by atoms with Gasteiger partial charge in [0.25, 0.3) is 0 Å². The minimum absolute atomic E-state index is 0.433. The lowest BCUT2D eigenvalue weighted by molar-refractivity contribution is 0.583. The molecule has 0 bridgehead atoms. The predicted molar refractivity (Wildman–Crippen MR) is 65.9 cm³/mol. The fourth-order valence-electron chi connectivity index (χ4n) is 1.53. The van der Waals surface area contributed by atoms with Crippen LogP contribution in [0.15, 0.2) is 24.9 Å². The summed E-state index contributed by atoms with van der Waals surface area (Å²) in [7, 11) is 0. The molecular formula is C12H17N5. The largest absolute Gasteiger partial charge is 0.310 e. The lowest BCUT2D eigenvalue weighted by atomic mass is 10.3. The van der Waals surface area contributed by atoms with Crippen LogP contribution < -0.4 is 5.32 Å². The van der Waals surface area contributed by atoms with Gasteiger partial charge in [-0.1, -0.05) is 13.8 Å². The van der Waals surface area contributed by atoms with Gasteiger partial charge in [-0.2, -0.15) is 5.10 Å². The Kier molecular flexibility index (Phi) is 3.49. The van der Waals surface area contributed by atoms with Gasteiger partial charge in [-0.15, -0.1) is 0 Å². The zero-order chi connectivity index (χ0) is 12.3. The molecule has 0 aliphatic heterocycles. The molecule has 0 unspecified atom stereocenters. The molecule has 0 spiro atoms. The lowest BCUT2D eigenvalue weighted by Crippen LogP contribution is -2.23. The fraction of sp³-hybridized carbons (Fsp3) is 0.417. The molecule has 0 aliphatic carbocycles. The summed E-state index contributed by atoms with van der Waals surface area (Å²) in [6.45, 7) is 6.98. The van der Waals surface area contributed by atoms with Crippen molar-refractivity contribution in [2.45, 2.75) is 33.4 Å².